The van der Waals surface area contributed by atoms with E-state index in [1.807, 2.05) is 121 Å². The lowest BCUT2D eigenvalue weighted by molar-refractivity contribution is -0.353. The molecule has 1 heterocycles. The fourth-order valence-corrected chi connectivity index (χ4v) is 5.08. The Morgan fingerprint density at radius 1 is 0.674 bits per heavy atom. The number of aliphatic hydroxyl groups is 1. The van der Waals surface area contributed by atoms with E-state index in [0.717, 1.165) is 22.3 Å². The van der Waals surface area contributed by atoms with Gasteiger partial charge in [-0.1, -0.05) is 121 Å². The molecule has 0 aliphatic carbocycles. The monoisotopic (exact) mass is 583 g/mol. The molecule has 0 saturated carbocycles. The van der Waals surface area contributed by atoms with E-state index >= 15 is 0 Å². The van der Waals surface area contributed by atoms with E-state index in [4.69, 9.17) is 25.1 Å². The fourth-order valence-electron chi connectivity index (χ4n) is 5.08. The molecule has 5 rings (SSSR count). The third-order valence-corrected chi connectivity index (χ3v) is 7.34. The first-order valence-corrected chi connectivity index (χ1v) is 14.4. The third-order valence-electron chi connectivity index (χ3n) is 7.34. The second-order valence-corrected chi connectivity index (χ2v) is 10.5. The van der Waals surface area contributed by atoms with Crippen LogP contribution in [0.5, 0.6) is 0 Å². The Hall–Kier alpha value is -3.69. The summed E-state index contributed by atoms with van der Waals surface area (Å²) in [6.07, 6.45) is -3.97. The van der Waals surface area contributed by atoms with E-state index < -0.39 is 42.9 Å². The smallest absolute Gasteiger partial charge is 0.256 e. The van der Waals surface area contributed by atoms with Gasteiger partial charge in [0.25, 0.3) is 5.79 Å². The molecule has 1 N–H and O–H groups in total. The second kappa shape index (κ2) is 15.2. The van der Waals surface area contributed by atoms with Crippen molar-refractivity contribution in [1.82, 2.24) is 0 Å². The average Bonchev–Trinajstić information content (AvgIpc) is 3.08. The number of ether oxygens (including phenoxy) is 5. The van der Waals surface area contributed by atoms with Crippen LogP contribution in [0, 0.1) is 0 Å². The van der Waals surface area contributed by atoms with Gasteiger partial charge in [-0.25, -0.2) is 0 Å². The van der Waals surface area contributed by atoms with Crippen LogP contribution in [-0.4, -0.2) is 47.7 Å². The van der Waals surface area contributed by atoms with Crippen molar-refractivity contribution in [2.45, 2.75) is 63.5 Å². The van der Waals surface area contributed by atoms with Crippen LogP contribution >= 0.6 is 0 Å². The first-order chi connectivity index (χ1) is 21.6. The molecular weight excluding hydrogens is 544 g/mol. The minimum absolute atomic E-state index is 0.00145. The summed E-state index contributed by atoms with van der Waals surface area (Å²) in [5.41, 5.74) is 3.63. The molecule has 4 aromatic rings. The highest BCUT2D eigenvalue weighted by Crippen LogP contribution is 2.36. The van der Waals surface area contributed by atoms with Crippen LogP contribution in [0.3, 0.4) is 0 Å². The lowest BCUT2D eigenvalue weighted by atomic mass is 9.89. The number of hydrogen-bond donors (Lipinski definition) is 1. The van der Waals surface area contributed by atoms with Crippen LogP contribution in [0.2, 0.25) is 0 Å². The maximum absolute atomic E-state index is 13.3. The van der Waals surface area contributed by atoms with Crippen molar-refractivity contribution in [1.29, 1.82) is 0 Å². The van der Waals surface area contributed by atoms with Crippen molar-refractivity contribution in [3.05, 3.63) is 144 Å². The van der Waals surface area contributed by atoms with Gasteiger partial charge in [0.1, 0.15) is 24.4 Å². The number of carbonyl (C=O) groups excluding carboxylic acids is 1. The van der Waals surface area contributed by atoms with Gasteiger partial charge in [-0.05, 0) is 22.3 Å². The Morgan fingerprint density at radius 2 is 1.09 bits per heavy atom. The molecular formula is C36H38O7. The number of Topliss-reactive ketones (excluding diaryl/α,β-unsaturated/α-hetero) is 1. The zero-order valence-electron chi connectivity index (χ0n) is 25.0. The summed E-state index contributed by atoms with van der Waals surface area (Å²) in [5, 5.41) is 11.9. The summed E-state index contributed by atoms with van der Waals surface area (Å²) < 4.78 is 39.4. The van der Waals surface area contributed by atoms with Gasteiger partial charge in [0, 0.05) is 8.27 Å². The average molecular weight is 584 g/mol. The number of rotatable bonds is 14. The highest BCUT2D eigenvalue weighted by atomic mass is 16.7. The van der Waals surface area contributed by atoms with Gasteiger partial charge in [-0.3, -0.25) is 4.79 Å². The molecule has 7 heteroatoms. The van der Waals surface area contributed by atoms with Crippen LogP contribution in [0.4, 0.5) is 0 Å². The molecule has 4 aromatic carbocycles. The van der Waals surface area contributed by atoms with Gasteiger partial charge in [0.05, 0.1) is 33.0 Å². The molecule has 0 bridgehead atoms. The summed E-state index contributed by atoms with van der Waals surface area (Å²) in [4.78, 5) is 13.3. The maximum Gasteiger partial charge on any atom is 0.256 e. The fraction of sp³-hybridized carbons (Fsp3) is 0.306. The van der Waals surface area contributed by atoms with E-state index in [-0.39, 0.29) is 26.4 Å². The first-order valence-electron chi connectivity index (χ1n) is 15.1. The third kappa shape index (κ3) is 8.24. The SMILES string of the molecule is [2H]CC(=O)C1(O)O[C@H](COCc2ccccc2)[C@@H](OCc2ccccc2)[C@H](OCc2ccccc2)[C@@H]1OCc1ccccc1. The summed E-state index contributed by atoms with van der Waals surface area (Å²) in [6, 6.07) is 38.4. The van der Waals surface area contributed by atoms with Crippen LogP contribution in [-0.2, 0) is 54.9 Å². The molecule has 224 valence electrons. The van der Waals surface area contributed by atoms with Crippen molar-refractivity contribution in [3.8, 4) is 0 Å². The van der Waals surface area contributed by atoms with E-state index in [1.165, 1.54) is 0 Å². The summed E-state index contributed by atoms with van der Waals surface area (Å²) in [7, 11) is 0. The van der Waals surface area contributed by atoms with Crippen molar-refractivity contribution in [2.75, 3.05) is 6.61 Å². The van der Waals surface area contributed by atoms with Crippen LogP contribution < -0.4 is 0 Å². The highest BCUT2D eigenvalue weighted by Gasteiger charge is 2.59. The molecule has 7 nitrogen and oxygen atoms in total. The van der Waals surface area contributed by atoms with Crippen molar-refractivity contribution in [2.24, 2.45) is 0 Å². The molecule has 0 radical (unpaired) electrons. The molecule has 43 heavy (non-hydrogen) atoms. The minimum Gasteiger partial charge on any atom is -0.374 e. The second-order valence-electron chi connectivity index (χ2n) is 10.5. The molecule has 1 aliphatic heterocycles. The molecule has 1 fully saturated rings. The molecule has 5 atom stereocenters. The number of carbonyl (C=O) groups is 1. The Balaban J connectivity index is 1.47. The Bertz CT molecular complexity index is 1410. The largest absolute Gasteiger partial charge is 0.374 e. The molecule has 0 spiro atoms. The van der Waals surface area contributed by atoms with Gasteiger partial charge in [-0.15, -0.1) is 0 Å². The quantitative estimate of drug-likeness (QED) is 0.206. The van der Waals surface area contributed by atoms with Gasteiger partial charge >= 0.3 is 0 Å². The highest BCUT2D eigenvalue weighted by molar-refractivity contribution is 5.84. The summed E-state index contributed by atoms with van der Waals surface area (Å²) >= 11 is 0. The van der Waals surface area contributed by atoms with Crippen LogP contribution in [0.25, 0.3) is 0 Å². The normalized spacial score (nSPS) is 23.9. The van der Waals surface area contributed by atoms with Crippen molar-refractivity contribution < 1.29 is 35.0 Å². The predicted molar refractivity (Wildman–Crippen MR) is 162 cm³/mol. The van der Waals surface area contributed by atoms with Gasteiger partial charge in [0.15, 0.2) is 5.78 Å². The molecule has 1 unspecified atom stereocenters. The predicted octanol–water partition coefficient (Wildman–Crippen LogP) is 5.64. The Kier molecular flexibility index (Phi) is 10.4. The number of ketones is 1. The van der Waals surface area contributed by atoms with Crippen molar-refractivity contribution in [3.63, 3.8) is 0 Å². The standard InChI is InChI=1S/C36H38O7/c1-27(37)36(38)35(42-25-31-20-12-5-13-21-31)34(41-24-30-18-10-4-11-19-30)33(40-23-29-16-8-3-9-17-29)32(43-36)26-39-22-28-14-6-2-7-15-28/h2-21,32-35,38H,22-26H2,1H3/t32-,33-,34+,35+,36?/m1/s1/i1D. The molecule has 1 saturated heterocycles. The van der Waals surface area contributed by atoms with E-state index in [1.54, 1.807) is 0 Å². The number of benzene rings is 4. The summed E-state index contributed by atoms with van der Waals surface area (Å²) in [6.45, 7) is 0.0590. The lowest BCUT2D eigenvalue weighted by Crippen LogP contribution is -2.69. The maximum atomic E-state index is 13.3. The summed E-state index contributed by atoms with van der Waals surface area (Å²) in [5.74, 6) is -3.30. The Morgan fingerprint density at radius 3 is 1.56 bits per heavy atom. The lowest BCUT2D eigenvalue weighted by Gasteiger charge is -2.49. The zero-order valence-corrected chi connectivity index (χ0v) is 24.0. The topological polar surface area (TPSA) is 83.5 Å². The van der Waals surface area contributed by atoms with E-state index in [2.05, 4.69) is 0 Å². The first kappa shape index (κ1) is 29.4. The van der Waals surface area contributed by atoms with Gasteiger partial charge in [0.2, 0.25) is 0 Å². The van der Waals surface area contributed by atoms with Crippen LogP contribution in [0.15, 0.2) is 121 Å². The van der Waals surface area contributed by atoms with Gasteiger partial charge < -0.3 is 28.8 Å². The van der Waals surface area contributed by atoms with Crippen molar-refractivity contribution >= 4 is 5.78 Å². The van der Waals surface area contributed by atoms with Crippen LogP contribution in [0.1, 0.15) is 30.5 Å². The number of hydrogen-bond acceptors (Lipinski definition) is 7. The molecule has 1 aliphatic rings. The van der Waals surface area contributed by atoms with E-state index in [0.29, 0.717) is 6.61 Å². The van der Waals surface area contributed by atoms with E-state index in [9.17, 15) is 9.90 Å². The van der Waals surface area contributed by atoms with Gasteiger partial charge in [-0.2, -0.15) is 0 Å². The molecule has 0 aromatic heterocycles. The zero-order chi connectivity index (χ0) is 30.6. The Labute approximate surface area is 254 Å². The molecule has 0 amide bonds. The minimum atomic E-state index is -2.47.